The van der Waals surface area contributed by atoms with Gasteiger partial charge in [-0.05, 0) is 38.5 Å². The van der Waals surface area contributed by atoms with Gasteiger partial charge in [0.05, 0.1) is 0 Å². The van der Waals surface area contributed by atoms with Crippen LogP contribution in [0, 0.1) is 5.92 Å². The molecule has 2 aliphatic carbocycles. The highest BCUT2D eigenvalue weighted by molar-refractivity contribution is 14.0. The lowest BCUT2D eigenvalue weighted by Gasteiger charge is -2.21. The molecule has 2 fully saturated rings. The maximum Gasteiger partial charge on any atom is 0.242 e. The van der Waals surface area contributed by atoms with Crippen LogP contribution in [0.1, 0.15) is 64.7 Å². The van der Waals surface area contributed by atoms with Crippen molar-refractivity contribution in [3.05, 3.63) is 0 Å². The lowest BCUT2D eigenvalue weighted by molar-refractivity contribution is -0.119. The maximum atomic E-state index is 11.7. The van der Waals surface area contributed by atoms with Crippen molar-refractivity contribution in [1.29, 1.82) is 0 Å². The topological polar surface area (TPSA) is 65.5 Å². The molecule has 134 valence electrons. The third-order valence-electron chi connectivity index (χ3n) is 4.47. The highest BCUT2D eigenvalue weighted by atomic mass is 127. The Labute approximate surface area is 157 Å². The molecule has 2 aliphatic rings. The van der Waals surface area contributed by atoms with Crippen LogP contribution in [0.25, 0.3) is 0 Å². The molecule has 0 unspecified atom stereocenters. The van der Waals surface area contributed by atoms with Gasteiger partial charge in [0, 0.05) is 19.1 Å². The lowest BCUT2D eigenvalue weighted by Crippen LogP contribution is -2.39. The number of nitrogens with zero attached hydrogens (tertiary/aromatic N) is 1. The molecule has 0 radical (unpaired) electrons. The van der Waals surface area contributed by atoms with E-state index in [0.717, 1.165) is 37.8 Å². The quantitative estimate of drug-likeness (QED) is 0.237. The van der Waals surface area contributed by atoms with Gasteiger partial charge in [-0.15, -0.1) is 24.0 Å². The van der Waals surface area contributed by atoms with Crippen LogP contribution < -0.4 is 16.0 Å². The predicted octanol–water partition coefficient (Wildman–Crippen LogP) is 2.80. The Kier molecular flexibility index (Phi) is 10.6. The average molecular weight is 436 g/mol. The molecular formula is C17H33IN4O. The van der Waals surface area contributed by atoms with Gasteiger partial charge in [0.2, 0.25) is 5.91 Å². The molecule has 0 aliphatic heterocycles. The highest BCUT2D eigenvalue weighted by Gasteiger charge is 2.22. The number of aliphatic imine (C=N–C) groups is 1. The van der Waals surface area contributed by atoms with Crippen molar-refractivity contribution in [2.75, 3.05) is 19.6 Å². The SMILES string of the molecule is CCNC(=NCC(=O)NC1CC1)NCCCC1CCCCC1.I. The van der Waals surface area contributed by atoms with Crippen LogP contribution in [0.4, 0.5) is 0 Å². The molecule has 3 N–H and O–H groups in total. The first kappa shape index (κ1) is 20.5. The number of carbonyl (C=O) groups excluding carboxylic acids is 1. The van der Waals surface area contributed by atoms with Gasteiger partial charge in [0.25, 0.3) is 0 Å². The molecule has 0 spiro atoms. The molecule has 2 rings (SSSR count). The first-order valence-corrected chi connectivity index (χ1v) is 9.09. The van der Waals surface area contributed by atoms with Crippen LogP contribution >= 0.6 is 24.0 Å². The summed E-state index contributed by atoms with van der Waals surface area (Å²) in [5.74, 6) is 1.72. The molecule has 2 saturated carbocycles. The number of rotatable bonds is 8. The summed E-state index contributed by atoms with van der Waals surface area (Å²) >= 11 is 0. The van der Waals surface area contributed by atoms with Gasteiger partial charge in [-0.3, -0.25) is 4.79 Å². The van der Waals surface area contributed by atoms with E-state index in [1.165, 1.54) is 44.9 Å². The Morgan fingerprint density at radius 3 is 2.48 bits per heavy atom. The normalized spacial score (nSPS) is 18.9. The first-order chi connectivity index (χ1) is 10.8. The lowest BCUT2D eigenvalue weighted by atomic mass is 9.86. The molecule has 0 atom stereocenters. The minimum absolute atomic E-state index is 0. The first-order valence-electron chi connectivity index (χ1n) is 9.09. The molecule has 0 aromatic heterocycles. The van der Waals surface area contributed by atoms with Crippen molar-refractivity contribution in [2.45, 2.75) is 70.8 Å². The minimum Gasteiger partial charge on any atom is -0.357 e. The number of guanidine groups is 1. The van der Waals surface area contributed by atoms with Crippen molar-refractivity contribution in [3.8, 4) is 0 Å². The van der Waals surface area contributed by atoms with E-state index in [0.29, 0.717) is 6.04 Å². The van der Waals surface area contributed by atoms with Crippen molar-refractivity contribution >= 4 is 35.8 Å². The molecule has 0 aromatic carbocycles. The van der Waals surface area contributed by atoms with Crippen LogP contribution in [0.2, 0.25) is 0 Å². The second kappa shape index (κ2) is 11.9. The molecule has 0 bridgehead atoms. The summed E-state index contributed by atoms with van der Waals surface area (Å²) in [5, 5.41) is 9.51. The van der Waals surface area contributed by atoms with Crippen molar-refractivity contribution in [1.82, 2.24) is 16.0 Å². The van der Waals surface area contributed by atoms with Crippen LogP contribution in [0.5, 0.6) is 0 Å². The van der Waals surface area contributed by atoms with E-state index in [1.807, 2.05) is 6.92 Å². The number of amides is 1. The molecule has 0 aromatic rings. The fourth-order valence-corrected chi connectivity index (χ4v) is 3.07. The van der Waals surface area contributed by atoms with Crippen LogP contribution in [-0.4, -0.2) is 37.5 Å². The van der Waals surface area contributed by atoms with E-state index in [1.54, 1.807) is 0 Å². The number of nitrogens with one attached hydrogen (secondary N) is 3. The average Bonchev–Trinajstić information content (AvgIpc) is 3.34. The van der Waals surface area contributed by atoms with E-state index in [9.17, 15) is 4.79 Å². The van der Waals surface area contributed by atoms with Gasteiger partial charge >= 0.3 is 0 Å². The summed E-state index contributed by atoms with van der Waals surface area (Å²) in [4.78, 5) is 16.0. The molecule has 1 amide bonds. The molecule has 5 nitrogen and oxygen atoms in total. The van der Waals surface area contributed by atoms with Gasteiger partial charge < -0.3 is 16.0 Å². The zero-order chi connectivity index (χ0) is 15.6. The van der Waals surface area contributed by atoms with Gasteiger partial charge in [0.1, 0.15) is 6.54 Å². The Morgan fingerprint density at radius 2 is 1.83 bits per heavy atom. The predicted molar refractivity (Wildman–Crippen MR) is 106 cm³/mol. The largest absolute Gasteiger partial charge is 0.357 e. The zero-order valence-corrected chi connectivity index (χ0v) is 16.7. The van der Waals surface area contributed by atoms with Gasteiger partial charge in [0.15, 0.2) is 5.96 Å². The summed E-state index contributed by atoms with van der Waals surface area (Å²) in [6.45, 7) is 4.02. The van der Waals surface area contributed by atoms with Crippen molar-refractivity contribution in [3.63, 3.8) is 0 Å². The second-order valence-electron chi connectivity index (χ2n) is 6.61. The van der Waals surface area contributed by atoms with E-state index >= 15 is 0 Å². The summed E-state index contributed by atoms with van der Waals surface area (Å²) in [5.41, 5.74) is 0. The Morgan fingerprint density at radius 1 is 1.09 bits per heavy atom. The van der Waals surface area contributed by atoms with E-state index < -0.39 is 0 Å². The smallest absolute Gasteiger partial charge is 0.242 e. The molecule has 6 heteroatoms. The summed E-state index contributed by atoms with van der Waals surface area (Å²) < 4.78 is 0. The third-order valence-corrected chi connectivity index (χ3v) is 4.47. The van der Waals surface area contributed by atoms with Gasteiger partial charge in [-0.25, -0.2) is 4.99 Å². The van der Waals surface area contributed by atoms with Gasteiger partial charge in [-0.2, -0.15) is 0 Å². The van der Waals surface area contributed by atoms with E-state index in [4.69, 9.17) is 0 Å². The maximum absolute atomic E-state index is 11.7. The Balaban J connectivity index is 0.00000264. The van der Waals surface area contributed by atoms with Crippen molar-refractivity contribution < 1.29 is 4.79 Å². The summed E-state index contributed by atoms with van der Waals surface area (Å²) in [6.07, 6.45) is 11.8. The molecule has 0 saturated heterocycles. The Hall–Kier alpha value is -0.530. The molecule has 0 heterocycles. The highest BCUT2D eigenvalue weighted by Crippen LogP contribution is 2.26. The van der Waals surface area contributed by atoms with Crippen LogP contribution in [0.15, 0.2) is 4.99 Å². The van der Waals surface area contributed by atoms with Crippen molar-refractivity contribution in [2.24, 2.45) is 10.9 Å². The molecule has 23 heavy (non-hydrogen) atoms. The van der Waals surface area contributed by atoms with Crippen LogP contribution in [-0.2, 0) is 4.79 Å². The number of halogens is 1. The standard InChI is InChI=1S/C17H32N4O.HI/c1-2-18-17(20-13-16(22)21-15-10-11-15)19-12-6-9-14-7-4-3-5-8-14;/h14-15H,2-13H2,1H3,(H,21,22)(H2,18,19,20);1H. The van der Waals surface area contributed by atoms with Crippen LogP contribution in [0.3, 0.4) is 0 Å². The van der Waals surface area contributed by atoms with E-state index in [-0.39, 0.29) is 36.4 Å². The fourth-order valence-electron chi connectivity index (χ4n) is 3.07. The summed E-state index contributed by atoms with van der Waals surface area (Å²) in [6, 6.07) is 0.411. The van der Waals surface area contributed by atoms with Gasteiger partial charge in [-0.1, -0.05) is 32.1 Å². The fraction of sp³-hybridized carbons (Fsp3) is 0.882. The van der Waals surface area contributed by atoms with E-state index in [2.05, 4.69) is 20.9 Å². The monoisotopic (exact) mass is 436 g/mol. The summed E-state index contributed by atoms with van der Waals surface area (Å²) in [7, 11) is 0. The number of hydrogen-bond donors (Lipinski definition) is 3. The number of carbonyl (C=O) groups is 1. The second-order valence-corrected chi connectivity index (χ2v) is 6.61. The molecular weight excluding hydrogens is 403 g/mol. The third kappa shape index (κ3) is 9.37. The number of hydrogen-bond acceptors (Lipinski definition) is 2. The minimum atomic E-state index is 0. The Bertz CT molecular complexity index is 366. The zero-order valence-electron chi connectivity index (χ0n) is 14.4.